The van der Waals surface area contributed by atoms with Gasteiger partial charge in [0.15, 0.2) is 0 Å². The second-order valence-corrected chi connectivity index (χ2v) is 6.14. The highest BCUT2D eigenvalue weighted by Gasteiger charge is 2.29. The van der Waals surface area contributed by atoms with Gasteiger partial charge < -0.3 is 10.1 Å². The Morgan fingerprint density at radius 3 is 2.95 bits per heavy atom. The van der Waals surface area contributed by atoms with E-state index in [4.69, 9.17) is 16.3 Å². The Morgan fingerprint density at radius 2 is 2.21 bits per heavy atom. The Morgan fingerprint density at radius 1 is 1.37 bits per heavy atom. The Hall–Kier alpha value is -1.03. The average Bonchev–Trinajstić information content (AvgIpc) is 2.86. The summed E-state index contributed by atoms with van der Waals surface area (Å²) in [5, 5.41) is 6.28. The van der Waals surface area contributed by atoms with E-state index in [2.05, 4.69) is 17.4 Å². The number of benzene rings is 1. The lowest BCUT2D eigenvalue weighted by molar-refractivity contribution is 0.189. The monoisotopic (exact) mass is 293 g/mol. The van der Waals surface area contributed by atoms with E-state index in [1.54, 1.807) is 11.3 Å². The van der Waals surface area contributed by atoms with Gasteiger partial charge in [-0.1, -0.05) is 29.8 Å². The minimum absolute atomic E-state index is 0.251. The number of halogens is 1. The fourth-order valence-electron chi connectivity index (χ4n) is 2.67. The molecule has 0 fully saturated rings. The van der Waals surface area contributed by atoms with Crippen molar-refractivity contribution < 1.29 is 4.74 Å². The van der Waals surface area contributed by atoms with Crippen molar-refractivity contribution in [2.45, 2.75) is 12.5 Å². The number of hydrogen-bond acceptors (Lipinski definition) is 3. The van der Waals surface area contributed by atoms with E-state index in [1.807, 2.05) is 30.6 Å². The lowest BCUT2D eigenvalue weighted by atomic mass is 9.89. The molecular weight excluding hydrogens is 278 g/mol. The highest BCUT2D eigenvalue weighted by Crippen LogP contribution is 2.37. The molecule has 1 aliphatic rings. The van der Waals surface area contributed by atoms with Crippen molar-refractivity contribution in [1.29, 1.82) is 0 Å². The molecule has 1 aromatic heterocycles. The maximum atomic E-state index is 6.26. The average molecular weight is 294 g/mol. The van der Waals surface area contributed by atoms with Gasteiger partial charge in [0.05, 0.1) is 11.6 Å². The zero-order valence-corrected chi connectivity index (χ0v) is 12.3. The molecule has 2 aromatic rings. The van der Waals surface area contributed by atoms with E-state index in [9.17, 15) is 0 Å². The second kappa shape index (κ2) is 5.53. The van der Waals surface area contributed by atoms with E-state index in [0.717, 1.165) is 23.8 Å². The molecule has 1 aliphatic heterocycles. The maximum absolute atomic E-state index is 6.26. The summed E-state index contributed by atoms with van der Waals surface area (Å²) >= 11 is 7.97. The van der Waals surface area contributed by atoms with Crippen molar-refractivity contribution in [2.24, 2.45) is 5.92 Å². The first-order valence-electron chi connectivity index (χ1n) is 6.40. The zero-order chi connectivity index (χ0) is 13.2. The summed E-state index contributed by atoms with van der Waals surface area (Å²) < 4.78 is 5.88. The first-order chi connectivity index (χ1) is 9.29. The van der Waals surface area contributed by atoms with Crippen LogP contribution in [-0.2, 0) is 6.42 Å². The highest BCUT2D eigenvalue weighted by molar-refractivity contribution is 7.10. The molecule has 1 N–H and O–H groups in total. The van der Waals surface area contributed by atoms with Crippen LogP contribution in [0.5, 0.6) is 5.75 Å². The minimum Gasteiger partial charge on any atom is -0.493 e. The van der Waals surface area contributed by atoms with Gasteiger partial charge in [0, 0.05) is 16.8 Å². The van der Waals surface area contributed by atoms with Gasteiger partial charge in [-0.05, 0) is 36.5 Å². The maximum Gasteiger partial charge on any atom is 0.122 e. The van der Waals surface area contributed by atoms with E-state index < -0.39 is 0 Å². The van der Waals surface area contributed by atoms with Gasteiger partial charge in [0.25, 0.3) is 0 Å². The van der Waals surface area contributed by atoms with Crippen LogP contribution in [0.3, 0.4) is 0 Å². The predicted octanol–water partition coefficient (Wildman–Crippen LogP) is 3.91. The number of fused-ring (bicyclic) bond motifs is 1. The molecule has 0 radical (unpaired) electrons. The van der Waals surface area contributed by atoms with Crippen LogP contribution in [0.25, 0.3) is 0 Å². The number of ether oxygens (including phenoxy) is 1. The first kappa shape index (κ1) is 13.0. The summed E-state index contributed by atoms with van der Waals surface area (Å²) in [7, 11) is 1.99. The Kier molecular flexibility index (Phi) is 3.78. The van der Waals surface area contributed by atoms with Crippen molar-refractivity contribution in [3.8, 4) is 5.75 Å². The van der Waals surface area contributed by atoms with Crippen LogP contribution in [0.4, 0.5) is 0 Å². The lowest BCUT2D eigenvalue weighted by Gasteiger charge is -2.31. The molecule has 100 valence electrons. The van der Waals surface area contributed by atoms with Crippen LogP contribution < -0.4 is 10.1 Å². The molecule has 2 heterocycles. The SMILES string of the molecule is CNC(c1sccc1Cl)C1COc2ccccc2C1. The standard InChI is InChI=1S/C15H16ClNOS/c1-17-14(15-12(16)6-7-19-15)11-8-10-4-2-3-5-13(10)18-9-11/h2-7,11,14,17H,8-9H2,1H3. The molecule has 0 amide bonds. The third-order valence-corrected chi connectivity index (χ3v) is 5.06. The van der Waals surface area contributed by atoms with Crippen LogP contribution in [0, 0.1) is 5.92 Å². The molecule has 1 aromatic carbocycles. The smallest absolute Gasteiger partial charge is 0.122 e. The minimum atomic E-state index is 0.251. The van der Waals surface area contributed by atoms with Gasteiger partial charge in [0.2, 0.25) is 0 Å². The topological polar surface area (TPSA) is 21.3 Å². The summed E-state index contributed by atoms with van der Waals surface area (Å²) in [6.45, 7) is 0.733. The number of hydrogen-bond donors (Lipinski definition) is 1. The Bertz CT molecular complexity index is 569. The third-order valence-electron chi connectivity index (χ3n) is 3.62. The van der Waals surface area contributed by atoms with Gasteiger partial charge in [-0.2, -0.15) is 0 Å². The number of nitrogens with one attached hydrogen (secondary N) is 1. The molecule has 0 saturated carbocycles. The summed E-state index contributed by atoms with van der Waals surface area (Å²) in [5.74, 6) is 1.43. The molecule has 19 heavy (non-hydrogen) atoms. The number of thiophene rings is 1. The van der Waals surface area contributed by atoms with Crippen LogP contribution in [0.1, 0.15) is 16.5 Å². The molecule has 0 saturated heterocycles. The molecule has 4 heteroatoms. The molecule has 0 bridgehead atoms. The molecule has 2 nitrogen and oxygen atoms in total. The Labute approximate surface area is 122 Å². The Balaban J connectivity index is 1.85. The molecular formula is C15H16ClNOS. The van der Waals surface area contributed by atoms with Crippen molar-refractivity contribution in [3.63, 3.8) is 0 Å². The van der Waals surface area contributed by atoms with Crippen molar-refractivity contribution in [2.75, 3.05) is 13.7 Å². The summed E-state index contributed by atoms with van der Waals surface area (Å²) in [4.78, 5) is 1.21. The molecule has 0 spiro atoms. The number of rotatable bonds is 3. The van der Waals surface area contributed by atoms with E-state index in [-0.39, 0.29) is 6.04 Å². The molecule has 3 rings (SSSR count). The van der Waals surface area contributed by atoms with E-state index in [1.165, 1.54) is 10.4 Å². The third kappa shape index (κ3) is 2.50. The van der Waals surface area contributed by atoms with Crippen LogP contribution >= 0.6 is 22.9 Å². The molecule has 2 unspecified atom stereocenters. The predicted molar refractivity (Wildman–Crippen MR) is 80.3 cm³/mol. The molecule has 2 atom stereocenters. The van der Waals surface area contributed by atoms with E-state index >= 15 is 0 Å². The van der Waals surface area contributed by atoms with Gasteiger partial charge in [-0.15, -0.1) is 11.3 Å². The van der Waals surface area contributed by atoms with Crippen molar-refractivity contribution in [3.05, 3.63) is 51.2 Å². The zero-order valence-electron chi connectivity index (χ0n) is 10.7. The molecule has 0 aliphatic carbocycles. The van der Waals surface area contributed by atoms with Gasteiger partial charge >= 0.3 is 0 Å². The van der Waals surface area contributed by atoms with Crippen LogP contribution in [-0.4, -0.2) is 13.7 Å². The fourth-order valence-corrected chi connectivity index (χ4v) is 4.05. The second-order valence-electron chi connectivity index (χ2n) is 4.78. The summed E-state index contributed by atoms with van der Waals surface area (Å²) in [6, 6.07) is 10.5. The quantitative estimate of drug-likeness (QED) is 0.926. The lowest BCUT2D eigenvalue weighted by Crippen LogP contribution is -2.33. The summed E-state index contributed by atoms with van der Waals surface area (Å²) in [5.41, 5.74) is 1.28. The number of para-hydroxylation sites is 1. The first-order valence-corrected chi connectivity index (χ1v) is 7.66. The van der Waals surface area contributed by atoms with Crippen molar-refractivity contribution >= 4 is 22.9 Å². The normalized spacial score (nSPS) is 19.6. The van der Waals surface area contributed by atoms with Crippen LogP contribution in [0.2, 0.25) is 5.02 Å². The van der Waals surface area contributed by atoms with Gasteiger partial charge in [-0.3, -0.25) is 0 Å². The van der Waals surface area contributed by atoms with Gasteiger partial charge in [-0.25, -0.2) is 0 Å². The van der Waals surface area contributed by atoms with Crippen LogP contribution in [0.15, 0.2) is 35.7 Å². The largest absolute Gasteiger partial charge is 0.493 e. The van der Waals surface area contributed by atoms with Gasteiger partial charge in [0.1, 0.15) is 5.75 Å². The fraction of sp³-hybridized carbons (Fsp3) is 0.333. The summed E-state index contributed by atoms with van der Waals surface area (Å²) in [6.07, 6.45) is 1.02. The highest BCUT2D eigenvalue weighted by atomic mass is 35.5. The van der Waals surface area contributed by atoms with Crippen molar-refractivity contribution in [1.82, 2.24) is 5.32 Å². The van der Waals surface area contributed by atoms with E-state index in [0.29, 0.717) is 5.92 Å².